The zero-order valence-corrected chi connectivity index (χ0v) is 18.4. The second kappa shape index (κ2) is 9.11. The predicted molar refractivity (Wildman–Crippen MR) is 123 cm³/mol. The van der Waals surface area contributed by atoms with Crippen LogP contribution in [-0.4, -0.2) is 23.4 Å². The lowest BCUT2D eigenvalue weighted by atomic mass is 10.1. The molecule has 0 fully saturated rings. The van der Waals surface area contributed by atoms with Gasteiger partial charge < -0.3 is 19.8 Å². The predicted octanol–water partition coefficient (Wildman–Crippen LogP) is 6.22. The van der Waals surface area contributed by atoms with Crippen molar-refractivity contribution >= 4 is 28.4 Å². The second-order valence-electron chi connectivity index (χ2n) is 7.91. The van der Waals surface area contributed by atoms with E-state index >= 15 is 0 Å². The summed E-state index contributed by atoms with van der Waals surface area (Å²) in [6, 6.07) is 13.9. The number of fused-ring (bicyclic) bond motifs is 1. The maximum absolute atomic E-state index is 11.8. The van der Waals surface area contributed by atoms with Crippen LogP contribution in [0.2, 0.25) is 0 Å². The molecule has 0 bridgehead atoms. The first kappa shape index (κ1) is 21.6. The smallest absolute Gasteiger partial charge is 0.411 e. The fraction of sp³-hybridized carbons (Fsp3) is 0.375. The van der Waals surface area contributed by atoms with Gasteiger partial charge in [0.25, 0.3) is 0 Å². The van der Waals surface area contributed by atoms with Gasteiger partial charge in [0.15, 0.2) is 0 Å². The number of nitrogen functional groups attached to an aromatic ring is 1. The molecule has 0 saturated heterocycles. The van der Waals surface area contributed by atoms with Crippen LogP contribution in [0.1, 0.15) is 47.1 Å². The second-order valence-corrected chi connectivity index (χ2v) is 7.91. The van der Waals surface area contributed by atoms with Crippen LogP contribution in [0.15, 0.2) is 42.5 Å². The lowest BCUT2D eigenvalue weighted by Crippen LogP contribution is -2.17. The molecule has 0 radical (unpaired) electrons. The molecule has 1 aromatic heterocycles. The molecule has 3 N–H and O–H groups in total. The molecule has 0 aliphatic heterocycles. The van der Waals surface area contributed by atoms with Crippen LogP contribution in [-0.2, 0) is 4.74 Å². The van der Waals surface area contributed by atoms with Gasteiger partial charge in [0.05, 0.1) is 29.6 Å². The van der Waals surface area contributed by atoms with E-state index in [1.54, 1.807) is 0 Å². The fourth-order valence-corrected chi connectivity index (χ4v) is 3.53. The van der Waals surface area contributed by atoms with E-state index in [0.29, 0.717) is 12.3 Å². The molecule has 0 aliphatic rings. The Hall–Kier alpha value is -3.15. The van der Waals surface area contributed by atoms with Gasteiger partial charge in [-0.2, -0.15) is 0 Å². The zero-order chi connectivity index (χ0) is 21.8. The third-order valence-electron chi connectivity index (χ3n) is 4.75. The summed E-state index contributed by atoms with van der Waals surface area (Å²) in [4.78, 5) is 11.8. The van der Waals surface area contributed by atoms with Crippen LogP contribution < -0.4 is 15.8 Å². The fourth-order valence-electron chi connectivity index (χ4n) is 3.53. The molecule has 0 aliphatic carbocycles. The average molecular weight is 410 g/mol. The van der Waals surface area contributed by atoms with Crippen LogP contribution in [0.3, 0.4) is 0 Å². The standard InChI is InChI=1S/C24H31N3O3/c1-6-13-29-19-11-12-20-21(14-19)27(15(2)3)23(22(20)25)17-7-9-18(10-8-17)26-24(28)30-16(4)5/h7-12,14-16H,6,13,25H2,1-5H3,(H,26,28). The summed E-state index contributed by atoms with van der Waals surface area (Å²) in [6.07, 6.45) is 0.326. The van der Waals surface area contributed by atoms with Crippen molar-refractivity contribution in [2.45, 2.75) is 53.2 Å². The number of benzene rings is 2. The topological polar surface area (TPSA) is 78.5 Å². The van der Waals surface area contributed by atoms with Crippen molar-refractivity contribution < 1.29 is 14.3 Å². The van der Waals surface area contributed by atoms with Gasteiger partial charge in [-0.15, -0.1) is 0 Å². The van der Waals surface area contributed by atoms with Crippen molar-refractivity contribution in [1.29, 1.82) is 0 Å². The maximum atomic E-state index is 11.8. The summed E-state index contributed by atoms with van der Waals surface area (Å²) in [5.74, 6) is 0.846. The molecule has 1 heterocycles. The van der Waals surface area contributed by atoms with Crippen LogP contribution in [0, 0.1) is 0 Å². The molecule has 1 amide bonds. The molecule has 3 aromatic rings. The van der Waals surface area contributed by atoms with Crippen molar-refractivity contribution in [2.75, 3.05) is 17.7 Å². The molecule has 0 saturated carbocycles. The number of anilines is 2. The number of nitrogens with zero attached hydrogens (tertiary/aromatic N) is 1. The monoisotopic (exact) mass is 409 g/mol. The van der Waals surface area contributed by atoms with Gasteiger partial charge in [0.2, 0.25) is 0 Å². The van der Waals surface area contributed by atoms with E-state index in [1.807, 2.05) is 50.2 Å². The van der Waals surface area contributed by atoms with Gasteiger partial charge in [-0.3, -0.25) is 5.32 Å². The van der Waals surface area contributed by atoms with Crippen LogP contribution in [0.5, 0.6) is 5.75 Å². The molecule has 0 atom stereocenters. The number of hydrogen-bond acceptors (Lipinski definition) is 4. The summed E-state index contributed by atoms with van der Waals surface area (Å²) < 4.78 is 13.2. The summed E-state index contributed by atoms with van der Waals surface area (Å²) in [7, 11) is 0. The first-order valence-electron chi connectivity index (χ1n) is 10.5. The van der Waals surface area contributed by atoms with Gasteiger partial charge in [-0.1, -0.05) is 19.1 Å². The number of carbonyl (C=O) groups is 1. The van der Waals surface area contributed by atoms with Crippen molar-refractivity contribution in [2.24, 2.45) is 0 Å². The highest BCUT2D eigenvalue weighted by Gasteiger charge is 2.19. The molecule has 6 heteroatoms. The van der Waals surface area contributed by atoms with Crippen LogP contribution in [0.4, 0.5) is 16.2 Å². The molecule has 30 heavy (non-hydrogen) atoms. The highest BCUT2D eigenvalue weighted by Crippen LogP contribution is 2.40. The third kappa shape index (κ3) is 4.53. The Morgan fingerprint density at radius 2 is 1.80 bits per heavy atom. The Kier molecular flexibility index (Phi) is 6.55. The van der Waals surface area contributed by atoms with E-state index in [4.69, 9.17) is 15.2 Å². The summed E-state index contributed by atoms with van der Waals surface area (Å²) in [6.45, 7) is 10.7. The van der Waals surface area contributed by atoms with Crippen LogP contribution in [0.25, 0.3) is 22.2 Å². The van der Waals surface area contributed by atoms with E-state index in [1.165, 1.54) is 0 Å². The van der Waals surface area contributed by atoms with E-state index < -0.39 is 6.09 Å². The summed E-state index contributed by atoms with van der Waals surface area (Å²) in [5, 5.41) is 3.75. The molecule has 6 nitrogen and oxygen atoms in total. The Morgan fingerprint density at radius 3 is 2.40 bits per heavy atom. The number of ether oxygens (including phenoxy) is 2. The van der Waals surface area contributed by atoms with E-state index in [9.17, 15) is 4.79 Å². The number of aromatic nitrogens is 1. The lowest BCUT2D eigenvalue weighted by molar-refractivity contribution is 0.130. The summed E-state index contributed by atoms with van der Waals surface area (Å²) >= 11 is 0. The minimum absolute atomic E-state index is 0.169. The minimum Gasteiger partial charge on any atom is -0.494 e. The highest BCUT2D eigenvalue weighted by molar-refractivity contribution is 6.01. The number of amides is 1. The van der Waals surface area contributed by atoms with Crippen LogP contribution >= 0.6 is 0 Å². The van der Waals surface area contributed by atoms with Crippen molar-refractivity contribution in [3.63, 3.8) is 0 Å². The zero-order valence-electron chi connectivity index (χ0n) is 18.4. The van der Waals surface area contributed by atoms with Gasteiger partial charge in [0, 0.05) is 28.7 Å². The Labute approximate surface area is 178 Å². The van der Waals surface area contributed by atoms with Crippen molar-refractivity contribution in [1.82, 2.24) is 4.57 Å². The van der Waals surface area contributed by atoms with Crippen molar-refractivity contribution in [3.05, 3.63) is 42.5 Å². The van der Waals surface area contributed by atoms with E-state index in [2.05, 4.69) is 36.7 Å². The molecular weight excluding hydrogens is 378 g/mol. The maximum Gasteiger partial charge on any atom is 0.411 e. The molecule has 0 spiro atoms. The first-order valence-corrected chi connectivity index (χ1v) is 10.5. The van der Waals surface area contributed by atoms with E-state index in [-0.39, 0.29) is 12.1 Å². The number of carbonyl (C=O) groups excluding carboxylic acids is 1. The lowest BCUT2D eigenvalue weighted by Gasteiger charge is -2.16. The Bertz CT molecular complexity index is 1020. The summed E-state index contributed by atoms with van der Waals surface area (Å²) in [5.41, 5.74) is 11.0. The quantitative estimate of drug-likeness (QED) is 0.486. The highest BCUT2D eigenvalue weighted by atomic mass is 16.6. The molecule has 3 rings (SSSR count). The SMILES string of the molecule is CCCOc1ccc2c(N)c(-c3ccc(NC(=O)OC(C)C)cc3)n(C(C)C)c2c1. The first-order chi connectivity index (χ1) is 14.3. The largest absolute Gasteiger partial charge is 0.494 e. The average Bonchev–Trinajstić information content (AvgIpc) is 2.98. The molecule has 160 valence electrons. The van der Waals surface area contributed by atoms with Gasteiger partial charge >= 0.3 is 6.09 Å². The molecule has 0 unspecified atom stereocenters. The van der Waals surface area contributed by atoms with Crippen molar-refractivity contribution in [3.8, 4) is 17.0 Å². The number of hydrogen-bond donors (Lipinski definition) is 2. The number of nitrogens with two attached hydrogens (primary N) is 1. The third-order valence-corrected chi connectivity index (χ3v) is 4.75. The van der Waals surface area contributed by atoms with Gasteiger partial charge in [-0.05, 0) is 58.4 Å². The van der Waals surface area contributed by atoms with Gasteiger partial charge in [0.1, 0.15) is 5.75 Å². The Balaban J connectivity index is 1.99. The number of nitrogens with one attached hydrogen (secondary N) is 1. The molecule has 2 aromatic carbocycles. The van der Waals surface area contributed by atoms with E-state index in [0.717, 1.165) is 40.0 Å². The Morgan fingerprint density at radius 1 is 1.10 bits per heavy atom. The normalized spacial score (nSPS) is 11.3. The van der Waals surface area contributed by atoms with Gasteiger partial charge in [-0.25, -0.2) is 4.79 Å². The number of rotatable bonds is 7. The minimum atomic E-state index is -0.465. The molecular formula is C24H31N3O3.